The van der Waals surface area contributed by atoms with Gasteiger partial charge in [-0.2, -0.15) is 0 Å². The Bertz CT molecular complexity index is 352. The molecular weight excluding hydrogens is 234 g/mol. The van der Waals surface area contributed by atoms with Crippen LogP contribution in [0.3, 0.4) is 0 Å². The third kappa shape index (κ3) is 4.59. The Morgan fingerprint density at radius 2 is 2.11 bits per heavy atom. The van der Waals surface area contributed by atoms with E-state index in [9.17, 15) is 0 Å². The van der Waals surface area contributed by atoms with Crippen molar-refractivity contribution < 1.29 is 0 Å². The molecule has 0 spiro atoms. The number of aromatic nitrogens is 1. The predicted molar refractivity (Wildman–Crippen MR) is 79.7 cm³/mol. The van der Waals surface area contributed by atoms with Gasteiger partial charge in [-0.3, -0.25) is 9.88 Å². The fourth-order valence-corrected chi connectivity index (χ4v) is 3.00. The molecule has 0 aliphatic heterocycles. The van der Waals surface area contributed by atoms with Crippen molar-refractivity contribution in [1.29, 1.82) is 0 Å². The van der Waals surface area contributed by atoms with Gasteiger partial charge in [-0.05, 0) is 37.4 Å². The minimum absolute atomic E-state index is 0.389. The fourth-order valence-electron chi connectivity index (χ4n) is 3.00. The van der Waals surface area contributed by atoms with E-state index < -0.39 is 0 Å². The molecule has 2 atom stereocenters. The molecule has 0 bridgehead atoms. The molecule has 2 rings (SSSR count). The standard InChI is InChI=1S/C16H27N3/c1-2-19(13-15-9-6-7-11-18-15)12-14-8-4-3-5-10-16(14)17/h6-7,9,11,14,16H,2-5,8,10,12-13,17H2,1H3. The van der Waals surface area contributed by atoms with Crippen LogP contribution in [0, 0.1) is 5.92 Å². The van der Waals surface area contributed by atoms with Crippen molar-refractivity contribution in [2.45, 2.75) is 51.6 Å². The molecule has 1 heterocycles. The molecule has 1 fully saturated rings. The zero-order valence-corrected chi connectivity index (χ0v) is 12.1. The Morgan fingerprint density at radius 3 is 2.84 bits per heavy atom. The van der Waals surface area contributed by atoms with Crippen molar-refractivity contribution in [3.05, 3.63) is 30.1 Å². The lowest BCUT2D eigenvalue weighted by Gasteiger charge is -2.28. The first-order valence-corrected chi connectivity index (χ1v) is 7.67. The molecule has 1 aliphatic rings. The molecule has 2 unspecified atom stereocenters. The molecule has 0 amide bonds. The van der Waals surface area contributed by atoms with E-state index in [0.717, 1.165) is 25.3 Å². The maximum Gasteiger partial charge on any atom is 0.0543 e. The lowest BCUT2D eigenvalue weighted by molar-refractivity contribution is 0.206. The average Bonchev–Trinajstić information content (AvgIpc) is 2.64. The largest absolute Gasteiger partial charge is 0.327 e. The van der Waals surface area contributed by atoms with Crippen LogP contribution in [0.15, 0.2) is 24.4 Å². The lowest BCUT2D eigenvalue weighted by Crippen LogP contribution is -2.38. The van der Waals surface area contributed by atoms with Crippen LogP contribution < -0.4 is 5.73 Å². The predicted octanol–water partition coefficient (Wildman–Crippen LogP) is 2.81. The van der Waals surface area contributed by atoms with E-state index in [1.54, 1.807) is 0 Å². The van der Waals surface area contributed by atoms with Crippen LogP contribution in [0.1, 0.15) is 44.7 Å². The summed E-state index contributed by atoms with van der Waals surface area (Å²) in [5.41, 5.74) is 7.49. The van der Waals surface area contributed by atoms with Crippen LogP contribution in [0.4, 0.5) is 0 Å². The monoisotopic (exact) mass is 261 g/mol. The van der Waals surface area contributed by atoms with Crippen molar-refractivity contribution >= 4 is 0 Å². The Morgan fingerprint density at radius 1 is 1.26 bits per heavy atom. The SMILES string of the molecule is CCN(Cc1ccccn1)CC1CCCCCC1N. The summed E-state index contributed by atoms with van der Waals surface area (Å²) in [5, 5.41) is 0. The summed E-state index contributed by atoms with van der Waals surface area (Å²) in [4.78, 5) is 6.91. The average molecular weight is 261 g/mol. The molecule has 0 saturated heterocycles. The highest BCUT2D eigenvalue weighted by Gasteiger charge is 2.22. The third-order valence-electron chi connectivity index (χ3n) is 4.27. The van der Waals surface area contributed by atoms with E-state index in [4.69, 9.17) is 5.73 Å². The van der Waals surface area contributed by atoms with E-state index in [0.29, 0.717) is 12.0 Å². The van der Waals surface area contributed by atoms with Gasteiger partial charge in [0.15, 0.2) is 0 Å². The van der Waals surface area contributed by atoms with E-state index in [-0.39, 0.29) is 0 Å². The molecule has 3 heteroatoms. The Hall–Kier alpha value is -0.930. The van der Waals surface area contributed by atoms with Gasteiger partial charge in [0.1, 0.15) is 0 Å². The number of nitrogens with zero attached hydrogens (tertiary/aromatic N) is 2. The van der Waals surface area contributed by atoms with Gasteiger partial charge in [-0.15, -0.1) is 0 Å². The second-order valence-corrected chi connectivity index (χ2v) is 5.71. The van der Waals surface area contributed by atoms with Gasteiger partial charge in [0, 0.05) is 25.3 Å². The van der Waals surface area contributed by atoms with Crippen LogP contribution in [0.25, 0.3) is 0 Å². The number of pyridine rings is 1. The second-order valence-electron chi connectivity index (χ2n) is 5.71. The summed E-state index contributed by atoms with van der Waals surface area (Å²) >= 11 is 0. The highest BCUT2D eigenvalue weighted by Crippen LogP contribution is 2.23. The van der Waals surface area contributed by atoms with Gasteiger partial charge in [0.2, 0.25) is 0 Å². The quantitative estimate of drug-likeness (QED) is 0.829. The molecule has 3 nitrogen and oxygen atoms in total. The van der Waals surface area contributed by atoms with E-state index in [2.05, 4.69) is 28.9 Å². The molecule has 1 aromatic heterocycles. The van der Waals surface area contributed by atoms with Gasteiger partial charge in [-0.1, -0.05) is 32.3 Å². The normalized spacial score (nSPS) is 24.4. The van der Waals surface area contributed by atoms with Crippen molar-refractivity contribution in [2.75, 3.05) is 13.1 Å². The van der Waals surface area contributed by atoms with Crippen LogP contribution in [0.5, 0.6) is 0 Å². The second kappa shape index (κ2) is 7.61. The van der Waals surface area contributed by atoms with Gasteiger partial charge in [0.25, 0.3) is 0 Å². The van der Waals surface area contributed by atoms with Crippen molar-refractivity contribution in [2.24, 2.45) is 11.7 Å². The molecule has 0 radical (unpaired) electrons. The van der Waals surface area contributed by atoms with Crippen LogP contribution >= 0.6 is 0 Å². The van der Waals surface area contributed by atoms with E-state index >= 15 is 0 Å². The molecule has 1 aliphatic carbocycles. The maximum atomic E-state index is 6.33. The Labute approximate surface area is 117 Å². The summed E-state index contributed by atoms with van der Waals surface area (Å²) in [6.45, 7) is 5.36. The van der Waals surface area contributed by atoms with Crippen molar-refractivity contribution in [3.63, 3.8) is 0 Å². The highest BCUT2D eigenvalue weighted by atomic mass is 15.1. The summed E-state index contributed by atoms with van der Waals surface area (Å²) in [5.74, 6) is 0.658. The topological polar surface area (TPSA) is 42.2 Å². The smallest absolute Gasteiger partial charge is 0.0543 e. The molecular formula is C16H27N3. The molecule has 1 saturated carbocycles. The summed E-state index contributed by atoms with van der Waals surface area (Å²) in [6, 6.07) is 6.53. The molecule has 2 N–H and O–H groups in total. The van der Waals surface area contributed by atoms with Crippen molar-refractivity contribution in [3.8, 4) is 0 Å². The summed E-state index contributed by atoms with van der Waals surface area (Å²) in [7, 11) is 0. The molecule has 1 aromatic rings. The third-order valence-corrected chi connectivity index (χ3v) is 4.27. The zero-order chi connectivity index (χ0) is 13.5. The van der Waals surface area contributed by atoms with E-state index in [1.165, 1.54) is 32.1 Å². The lowest BCUT2D eigenvalue weighted by atomic mass is 9.95. The van der Waals surface area contributed by atoms with Crippen LogP contribution in [-0.2, 0) is 6.54 Å². The number of hydrogen-bond donors (Lipinski definition) is 1. The first kappa shape index (κ1) is 14.5. The van der Waals surface area contributed by atoms with Crippen LogP contribution in [0.2, 0.25) is 0 Å². The van der Waals surface area contributed by atoms with E-state index in [1.807, 2.05) is 12.3 Å². The fraction of sp³-hybridized carbons (Fsp3) is 0.688. The Kier molecular flexibility index (Phi) is 5.80. The van der Waals surface area contributed by atoms with Gasteiger partial charge in [-0.25, -0.2) is 0 Å². The van der Waals surface area contributed by atoms with Gasteiger partial charge >= 0.3 is 0 Å². The van der Waals surface area contributed by atoms with Crippen LogP contribution in [-0.4, -0.2) is 29.0 Å². The number of nitrogens with two attached hydrogens (primary N) is 1. The number of rotatable bonds is 5. The minimum atomic E-state index is 0.389. The first-order valence-electron chi connectivity index (χ1n) is 7.67. The van der Waals surface area contributed by atoms with Gasteiger partial charge < -0.3 is 5.73 Å². The van der Waals surface area contributed by atoms with Crippen molar-refractivity contribution in [1.82, 2.24) is 9.88 Å². The van der Waals surface area contributed by atoms with Gasteiger partial charge in [0.05, 0.1) is 5.69 Å². The Balaban J connectivity index is 1.90. The molecule has 0 aromatic carbocycles. The first-order chi connectivity index (χ1) is 9.29. The maximum absolute atomic E-state index is 6.33. The molecule has 106 valence electrons. The minimum Gasteiger partial charge on any atom is -0.327 e. The summed E-state index contributed by atoms with van der Waals surface area (Å²) < 4.78 is 0. The number of hydrogen-bond acceptors (Lipinski definition) is 3. The zero-order valence-electron chi connectivity index (χ0n) is 12.1. The highest BCUT2D eigenvalue weighted by molar-refractivity contribution is 5.03. The summed E-state index contributed by atoms with van der Waals surface area (Å²) in [6.07, 6.45) is 8.38. The molecule has 19 heavy (non-hydrogen) atoms.